The molecule has 0 radical (unpaired) electrons. The van der Waals surface area contributed by atoms with Crippen molar-refractivity contribution in [1.29, 1.82) is 0 Å². The summed E-state index contributed by atoms with van der Waals surface area (Å²) in [6.45, 7) is 0.00158. The van der Waals surface area contributed by atoms with Crippen molar-refractivity contribution < 1.29 is 14.6 Å². The van der Waals surface area contributed by atoms with Crippen LogP contribution in [0.4, 0.5) is 0 Å². The topological polar surface area (TPSA) is 95.3 Å². The predicted octanol–water partition coefficient (Wildman–Crippen LogP) is 1.88. The number of benzene rings is 1. The molecule has 0 atom stereocenters. The predicted molar refractivity (Wildman–Crippen MR) is 60.9 cm³/mol. The molecule has 17 heavy (non-hydrogen) atoms. The van der Waals surface area contributed by atoms with Gasteiger partial charge in [-0.15, -0.1) is 0 Å². The highest BCUT2D eigenvalue weighted by atomic mass is 16.5. The zero-order valence-corrected chi connectivity index (χ0v) is 9.04. The molecule has 0 aliphatic heterocycles. The first-order valence-electron chi connectivity index (χ1n) is 4.58. The van der Waals surface area contributed by atoms with Gasteiger partial charge in [0.1, 0.15) is 0 Å². The van der Waals surface area contributed by atoms with Crippen LogP contribution in [0, 0.1) is 11.8 Å². The van der Waals surface area contributed by atoms with Crippen LogP contribution in [0.2, 0.25) is 0 Å². The molecule has 86 valence electrons. The molecule has 0 unspecified atom stereocenters. The number of aldehydes is 1. The molecule has 6 heteroatoms. The molecular formula is C11H9N3O3. The molecule has 0 amide bonds. The van der Waals surface area contributed by atoms with E-state index in [9.17, 15) is 9.90 Å². The fourth-order valence-corrected chi connectivity index (χ4v) is 1.16. The first kappa shape index (κ1) is 12.4. The summed E-state index contributed by atoms with van der Waals surface area (Å²) in [6.07, 6.45) is 0.611. The van der Waals surface area contributed by atoms with E-state index in [4.69, 9.17) is 10.3 Å². The Bertz CT molecular complexity index is 537. The lowest BCUT2D eigenvalue weighted by atomic mass is 10.1. The Morgan fingerprint density at radius 1 is 1.65 bits per heavy atom. The first-order valence-corrected chi connectivity index (χ1v) is 4.58. The van der Waals surface area contributed by atoms with Gasteiger partial charge in [0.15, 0.2) is 17.8 Å². The summed E-state index contributed by atoms with van der Waals surface area (Å²) in [7, 11) is 1.39. The van der Waals surface area contributed by atoms with Crippen molar-refractivity contribution in [2.24, 2.45) is 5.11 Å². The number of nitrogens with zero attached hydrogens (tertiary/aromatic N) is 3. The Balaban J connectivity index is 3.13. The maximum atomic E-state index is 10.8. The Morgan fingerprint density at radius 2 is 2.41 bits per heavy atom. The van der Waals surface area contributed by atoms with Crippen molar-refractivity contribution in [2.45, 2.75) is 0 Å². The fourth-order valence-electron chi connectivity index (χ4n) is 1.16. The van der Waals surface area contributed by atoms with Crippen molar-refractivity contribution in [1.82, 2.24) is 0 Å². The van der Waals surface area contributed by atoms with Gasteiger partial charge < -0.3 is 9.84 Å². The third-order valence-electron chi connectivity index (χ3n) is 1.91. The standard InChI is InChI=1S/C11H9N3O3/c1-17-11-6-9(7-15)8(5-10(11)16)3-2-4-13-14-12/h5-7,16H,4H2,1H3. The van der Waals surface area contributed by atoms with Crippen molar-refractivity contribution in [3.63, 3.8) is 0 Å². The second-order valence-corrected chi connectivity index (χ2v) is 2.92. The van der Waals surface area contributed by atoms with E-state index < -0.39 is 0 Å². The molecule has 0 fully saturated rings. The van der Waals surface area contributed by atoms with E-state index in [2.05, 4.69) is 21.9 Å². The van der Waals surface area contributed by atoms with Crippen LogP contribution in [0.3, 0.4) is 0 Å². The minimum absolute atomic E-state index is 0.00158. The van der Waals surface area contributed by atoms with Gasteiger partial charge in [-0.2, -0.15) is 0 Å². The lowest BCUT2D eigenvalue weighted by Gasteiger charge is -2.05. The molecule has 1 N–H and O–H groups in total. The maximum Gasteiger partial charge on any atom is 0.161 e. The van der Waals surface area contributed by atoms with E-state index in [1.54, 1.807) is 0 Å². The highest BCUT2D eigenvalue weighted by Crippen LogP contribution is 2.28. The van der Waals surface area contributed by atoms with Crippen LogP contribution in [0.5, 0.6) is 11.5 Å². The first-order chi connectivity index (χ1) is 8.22. The summed E-state index contributed by atoms with van der Waals surface area (Å²) in [4.78, 5) is 13.3. The van der Waals surface area contributed by atoms with Crippen LogP contribution in [0.15, 0.2) is 17.2 Å². The van der Waals surface area contributed by atoms with Crippen LogP contribution >= 0.6 is 0 Å². The van der Waals surface area contributed by atoms with Gasteiger partial charge in [0.05, 0.1) is 13.7 Å². The third kappa shape index (κ3) is 3.16. The number of hydrogen-bond donors (Lipinski definition) is 1. The van der Waals surface area contributed by atoms with Crippen LogP contribution in [-0.2, 0) is 0 Å². The highest BCUT2D eigenvalue weighted by molar-refractivity contribution is 5.81. The Hall–Kier alpha value is -2.64. The van der Waals surface area contributed by atoms with Gasteiger partial charge in [-0.05, 0) is 11.6 Å². The summed E-state index contributed by atoms with van der Waals surface area (Å²) >= 11 is 0. The molecule has 0 spiro atoms. The highest BCUT2D eigenvalue weighted by Gasteiger charge is 2.07. The lowest BCUT2D eigenvalue weighted by Crippen LogP contribution is -1.91. The second-order valence-electron chi connectivity index (χ2n) is 2.92. The molecule has 0 saturated heterocycles. The number of hydrogen-bond acceptors (Lipinski definition) is 4. The molecule has 6 nitrogen and oxygen atoms in total. The van der Waals surface area contributed by atoms with Crippen molar-refractivity contribution in [3.8, 4) is 23.3 Å². The molecule has 0 saturated carbocycles. The van der Waals surface area contributed by atoms with Gasteiger partial charge in [0.25, 0.3) is 0 Å². The van der Waals surface area contributed by atoms with E-state index in [-0.39, 0.29) is 18.0 Å². The van der Waals surface area contributed by atoms with E-state index in [0.29, 0.717) is 17.4 Å². The molecule has 1 aromatic rings. The minimum Gasteiger partial charge on any atom is -0.504 e. The number of carbonyl (C=O) groups excluding carboxylic acids is 1. The molecule has 0 aliphatic rings. The number of carbonyl (C=O) groups is 1. The van der Waals surface area contributed by atoms with Crippen LogP contribution in [0.1, 0.15) is 15.9 Å². The number of phenolic OH excluding ortho intramolecular Hbond substituents is 1. The molecular weight excluding hydrogens is 222 g/mol. The molecule has 0 bridgehead atoms. The number of azide groups is 1. The van der Waals surface area contributed by atoms with Gasteiger partial charge >= 0.3 is 0 Å². The fraction of sp³-hybridized carbons (Fsp3) is 0.182. The van der Waals surface area contributed by atoms with E-state index >= 15 is 0 Å². The van der Waals surface area contributed by atoms with Crippen LogP contribution in [-0.4, -0.2) is 25.0 Å². The maximum absolute atomic E-state index is 10.8. The second kappa shape index (κ2) is 6.05. The number of rotatable bonds is 3. The minimum atomic E-state index is -0.105. The van der Waals surface area contributed by atoms with Gasteiger partial charge in [0.2, 0.25) is 0 Å². The smallest absolute Gasteiger partial charge is 0.161 e. The zero-order valence-electron chi connectivity index (χ0n) is 9.04. The average Bonchev–Trinajstić information content (AvgIpc) is 2.35. The van der Waals surface area contributed by atoms with Gasteiger partial charge in [-0.1, -0.05) is 17.0 Å². The van der Waals surface area contributed by atoms with Crippen LogP contribution < -0.4 is 4.74 Å². The Labute approximate surface area is 97.5 Å². The molecule has 1 aromatic carbocycles. The monoisotopic (exact) mass is 231 g/mol. The summed E-state index contributed by atoms with van der Waals surface area (Å²) in [5.74, 6) is 5.29. The number of aromatic hydroxyl groups is 1. The SMILES string of the molecule is COc1cc(C=O)c(C#CCN=[N+]=[N-])cc1O. The summed E-state index contributed by atoms with van der Waals surface area (Å²) in [6, 6.07) is 2.71. The van der Waals surface area contributed by atoms with Gasteiger partial charge in [0, 0.05) is 22.1 Å². The summed E-state index contributed by atoms with van der Waals surface area (Å²) in [5.41, 5.74) is 8.71. The van der Waals surface area contributed by atoms with Crippen molar-refractivity contribution >= 4 is 6.29 Å². The molecule has 0 heterocycles. The largest absolute Gasteiger partial charge is 0.504 e. The van der Waals surface area contributed by atoms with Gasteiger partial charge in [-0.25, -0.2) is 0 Å². The van der Waals surface area contributed by atoms with E-state index in [1.807, 2.05) is 0 Å². The quantitative estimate of drug-likeness (QED) is 0.283. The van der Waals surface area contributed by atoms with Gasteiger partial charge in [-0.3, -0.25) is 4.79 Å². The summed E-state index contributed by atoms with van der Waals surface area (Å²) in [5, 5.41) is 12.8. The molecule has 1 rings (SSSR count). The average molecular weight is 231 g/mol. The van der Waals surface area contributed by atoms with Crippen LogP contribution in [0.25, 0.3) is 10.4 Å². The third-order valence-corrected chi connectivity index (χ3v) is 1.91. The van der Waals surface area contributed by atoms with E-state index in [0.717, 1.165) is 0 Å². The molecule has 0 aromatic heterocycles. The summed E-state index contributed by atoms with van der Waals surface area (Å²) < 4.78 is 4.86. The van der Waals surface area contributed by atoms with E-state index in [1.165, 1.54) is 19.2 Å². The lowest BCUT2D eigenvalue weighted by molar-refractivity contribution is 0.112. The zero-order chi connectivity index (χ0) is 12.7. The Kier molecular flexibility index (Phi) is 4.43. The normalized spacial score (nSPS) is 8.53. The van der Waals surface area contributed by atoms with Crippen molar-refractivity contribution in [2.75, 3.05) is 13.7 Å². The number of ether oxygens (including phenoxy) is 1. The number of methoxy groups -OCH3 is 1. The Morgan fingerprint density at radius 3 is 3.00 bits per heavy atom. The molecule has 0 aliphatic carbocycles. The number of phenols is 1. The van der Waals surface area contributed by atoms with Crippen molar-refractivity contribution in [3.05, 3.63) is 33.7 Å².